The first-order valence-corrected chi connectivity index (χ1v) is 5.87. The number of nitrogens with two attached hydrogens (primary N) is 1. The van der Waals surface area contributed by atoms with Crippen LogP contribution in [0.25, 0.3) is 0 Å². The van der Waals surface area contributed by atoms with E-state index in [1.807, 2.05) is 0 Å². The minimum atomic E-state index is -0.237. The lowest BCUT2D eigenvalue weighted by molar-refractivity contribution is 0.0182. The van der Waals surface area contributed by atoms with Crippen molar-refractivity contribution in [2.75, 3.05) is 13.7 Å². The van der Waals surface area contributed by atoms with E-state index in [-0.39, 0.29) is 5.60 Å². The second kappa shape index (κ2) is 5.46. The lowest BCUT2D eigenvalue weighted by Gasteiger charge is -2.28. The first-order valence-electron chi connectivity index (χ1n) is 5.87. The minimum Gasteiger partial charge on any atom is -0.374 e. The van der Waals surface area contributed by atoms with E-state index in [0.29, 0.717) is 5.92 Å². The molecular formula is C14H23NO. The van der Waals surface area contributed by atoms with Gasteiger partial charge in [-0.05, 0) is 43.9 Å². The van der Waals surface area contributed by atoms with Crippen LogP contribution in [0.2, 0.25) is 0 Å². The SMILES string of the molecule is COC(C)(C)c1ccccc1C(C)CCN. The van der Waals surface area contributed by atoms with Gasteiger partial charge in [-0.15, -0.1) is 0 Å². The van der Waals surface area contributed by atoms with Gasteiger partial charge in [-0.2, -0.15) is 0 Å². The molecular weight excluding hydrogens is 198 g/mol. The molecule has 0 saturated carbocycles. The van der Waals surface area contributed by atoms with E-state index in [0.717, 1.165) is 13.0 Å². The smallest absolute Gasteiger partial charge is 0.0874 e. The highest BCUT2D eigenvalue weighted by atomic mass is 16.5. The summed E-state index contributed by atoms with van der Waals surface area (Å²) in [5.74, 6) is 0.482. The molecule has 1 atom stereocenters. The predicted octanol–water partition coefficient (Wildman–Crippen LogP) is 3.02. The van der Waals surface area contributed by atoms with E-state index in [4.69, 9.17) is 10.5 Å². The van der Waals surface area contributed by atoms with Gasteiger partial charge in [0, 0.05) is 7.11 Å². The maximum absolute atomic E-state index is 5.63. The van der Waals surface area contributed by atoms with Crippen LogP contribution >= 0.6 is 0 Å². The maximum atomic E-state index is 5.63. The van der Waals surface area contributed by atoms with E-state index < -0.39 is 0 Å². The Hall–Kier alpha value is -0.860. The number of ether oxygens (including phenoxy) is 1. The quantitative estimate of drug-likeness (QED) is 0.829. The number of methoxy groups -OCH3 is 1. The third-order valence-electron chi connectivity index (χ3n) is 3.25. The molecule has 2 heteroatoms. The van der Waals surface area contributed by atoms with Crippen LogP contribution in [0, 0.1) is 0 Å². The van der Waals surface area contributed by atoms with Crippen molar-refractivity contribution in [3.05, 3.63) is 35.4 Å². The Morgan fingerprint density at radius 2 is 1.94 bits per heavy atom. The molecule has 0 fully saturated rings. The molecule has 90 valence electrons. The fraction of sp³-hybridized carbons (Fsp3) is 0.571. The van der Waals surface area contributed by atoms with Gasteiger partial charge in [0.2, 0.25) is 0 Å². The third-order valence-corrected chi connectivity index (χ3v) is 3.25. The molecule has 0 spiro atoms. The topological polar surface area (TPSA) is 35.2 Å². The van der Waals surface area contributed by atoms with Gasteiger partial charge in [-0.1, -0.05) is 31.2 Å². The van der Waals surface area contributed by atoms with E-state index >= 15 is 0 Å². The van der Waals surface area contributed by atoms with E-state index in [1.165, 1.54) is 11.1 Å². The Morgan fingerprint density at radius 3 is 2.50 bits per heavy atom. The summed E-state index contributed by atoms with van der Waals surface area (Å²) in [4.78, 5) is 0. The standard InChI is InChI=1S/C14H23NO/c1-11(9-10-15)12-7-5-6-8-13(12)14(2,3)16-4/h5-8,11H,9-10,15H2,1-4H3. The molecule has 1 aromatic carbocycles. The number of hydrogen-bond donors (Lipinski definition) is 1. The Morgan fingerprint density at radius 1 is 1.31 bits per heavy atom. The molecule has 0 radical (unpaired) electrons. The van der Waals surface area contributed by atoms with Gasteiger partial charge in [-0.25, -0.2) is 0 Å². The summed E-state index contributed by atoms with van der Waals surface area (Å²) in [7, 11) is 1.75. The minimum absolute atomic E-state index is 0.237. The van der Waals surface area contributed by atoms with Gasteiger partial charge in [0.1, 0.15) is 0 Å². The van der Waals surface area contributed by atoms with Gasteiger partial charge in [-0.3, -0.25) is 0 Å². The predicted molar refractivity (Wildman–Crippen MR) is 68.6 cm³/mol. The summed E-state index contributed by atoms with van der Waals surface area (Å²) < 4.78 is 5.56. The summed E-state index contributed by atoms with van der Waals surface area (Å²) in [5, 5.41) is 0. The molecule has 0 heterocycles. The fourth-order valence-electron chi connectivity index (χ4n) is 1.99. The first kappa shape index (κ1) is 13.2. The average molecular weight is 221 g/mol. The molecule has 0 aliphatic heterocycles. The second-order valence-electron chi connectivity index (χ2n) is 4.78. The lowest BCUT2D eigenvalue weighted by Crippen LogP contribution is -2.22. The van der Waals surface area contributed by atoms with Crippen molar-refractivity contribution in [2.24, 2.45) is 5.73 Å². The van der Waals surface area contributed by atoms with E-state index in [1.54, 1.807) is 7.11 Å². The van der Waals surface area contributed by atoms with Crippen LogP contribution in [-0.4, -0.2) is 13.7 Å². The zero-order valence-corrected chi connectivity index (χ0v) is 10.8. The van der Waals surface area contributed by atoms with Gasteiger partial charge < -0.3 is 10.5 Å². The fourth-order valence-corrected chi connectivity index (χ4v) is 1.99. The normalized spacial score (nSPS) is 13.8. The average Bonchev–Trinajstić information content (AvgIpc) is 2.29. The lowest BCUT2D eigenvalue weighted by atomic mass is 9.86. The molecule has 2 N–H and O–H groups in total. The maximum Gasteiger partial charge on any atom is 0.0874 e. The molecule has 0 amide bonds. The van der Waals surface area contributed by atoms with Crippen LogP contribution in [-0.2, 0) is 10.3 Å². The van der Waals surface area contributed by atoms with Crippen molar-refractivity contribution < 1.29 is 4.74 Å². The van der Waals surface area contributed by atoms with Crippen molar-refractivity contribution in [1.82, 2.24) is 0 Å². The van der Waals surface area contributed by atoms with Gasteiger partial charge >= 0.3 is 0 Å². The number of hydrogen-bond acceptors (Lipinski definition) is 2. The molecule has 0 aliphatic rings. The molecule has 0 aromatic heterocycles. The molecule has 0 aliphatic carbocycles. The highest BCUT2D eigenvalue weighted by molar-refractivity contribution is 5.34. The zero-order valence-electron chi connectivity index (χ0n) is 10.8. The second-order valence-corrected chi connectivity index (χ2v) is 4.78. The molecule has 0 saturated heterocycles. The summed E-state index contributed by atoms with van der Waals surface area (Å²) in [5.41, 5.74) is 8.00. The molecule has 16 heavy (non-hydrogen) atoms. The summed E-state index contributed by atoms with van der Waals surface area (Å²) in [6, 6.07) is 8.47. The van der Waals surface area contributed by atoms with Crippen LogP contribution in [0.5, 0.6) is 0 Å². The monoisotopic (exact) mass is 221 g/mol. The van der Waals surface area contributed by atoms with Crippen molar-refractivity contribution in [3.63, 3.8) is 0 Å². The van der Waals surface area contributed by atoms with Crippen LogP contribution < -0.4 is 5.73 Å². The van der Waals surface area contributed by atoms with Crippen LogP contribution in [0.4, 0.5) is 0 Å². The highest BCUT2D eigenvalue weighted by Gasteiger charge is 2.24. The van der Waals surface area contributed by atoms with E-state index in [2.05, 4.69) is 45.0 Å². The summed E-state index contributed by atoms with van der Waals surface area (Å²) >= 11 is 0. The van der Waals surface area contributed by atoms with Crippen molar-refractivity contribution in [1.29, 1.82) is 0 Å². The molecule has 0 bridgehead atoms. The third kappa shape index (κ3) is 2.83. The molecule has 1 unspecified atom stereocenters. The first-order chi connectivity index (χ1) is 7.53. The van der Waals surface area contributed by atoms with Crippen molar-refractivity contribution in [3.8, 4) is 0 Å². The van der Waals surface area contributed by atoms with E-state index in [9.17, 15) is 0 Å². The van der Waals surface area contributed by atoms with Gasteiger partial charge in [0.05, 0.1) is 5.60 Å². The van der Waals surface area contributed by atoms with Gasteiger partial charge in [0.15, 0.2) is 0 Å². The number of benzene rings is 1. The van der Waals surface area contributed by atoms with Crippen LogP contribution in [0.1, 0.15) is 44.2 Å². The van der Waals surface area contributed by atoms with Crippen LogP contribution in [0.3, 0.4) is 0 Å². The zero-order chi connectivity index (χ0) is 12.2. The molecule has 2 nitrogen and oxygen atoms in total. The highest BCUT2D eigenvalue weighted by Crippen LogP contribution is 2.32. The molecule has 1 rings (SSSR count). The number of rotatable bonds is 5. The Balaban J connectivity index is 3.09. The van der Waals surface area contributed by atoms with Crippen molar-refractivity contribution in [2.45, 2.75) is 38.7 Å². The molecule has 1 aromatic rings. The Bertz CT molecular complexity index is 333. The largest absolute Gasteiger partial charge is 0.374 e. The summed E-state index contributed by atoms with van der Waals surface area (Å²) in [6.45, 7) is 7.14. The van der Waals surface area contributed by atoms with Crippen LogP contribution in [0.15, 0.2) is 24.3 Å². The summed E-state index contributed by atoms with van der Waals surface area (Å²) in [6.07, 6.45) is 1.01. The van der Waals surface area contributed by atoms with Crippen molar-refractivity contribution >= 4 is 0 Å². The Labute approximate surface area is 98.8 Å². The van der Waals surface area contributed by atoms with Gasteiger partial charge in [0.25, 0.3) is 0 Å². The Kier molecular flexibility index (Phi) is 4.51.